The van der Waals surface area contributed by atoms with E-state index in [9.17, 15) is 19.7 Å². The van der Waals surface area contributed by atoms with E-state index in [1.165, 1.54) is 0 Å². The van der Waals surface area contributed by atoms with E-state index in [4.69, 9.17) is 16.7 Å². The molecule has 1 rings (SSSR count). The number of carbonyl (C=O) groups excluding carboxylic acids is 1. The number of carboxylic acid groups (broad SMARTS) is 1. The van der Waals surface area contributed by atoms with E-state index in [-0.39, 0.29) is 29.6 Å². The second kappa shape index (κ2) is 7.53. The predicted molar refractivity (Wildman–Crippen MR) is 74.3 cm³/mol. The summed E-state index contributed by atoms with van der Waals surface area (Å²) in [5.41, 5.74) is -0.659. The van der Waals surface area contributed by atoms with Crippen LogP contribution in [-0.2, 0) is 4.79 Å². The van der Waals surface area contributed by atoms with Gasteiger partial charge in [-0.2, -0.15) is 0 Å². The van der Waals surface area contributed by atoms with Crippen molar-refractivity contribution in [1.82, 2.24) is 10.3 Å². The zero-order valence-electron chi connectivity index (χ0n) is 11.2. The molecule has 0 aliphatic rings. The third-order valence-corrected chi connectivity index (χ3v) is 3.09. The van der Waals surface area contributed by atoms with Crippen LogP contribution in [0.25, 0.3) is 0 Å². The van der Waals surface area contributed by atoms with Gasteiger partial charge in [-0.15, -0.1) is 0 Å². The van der Waals surface area contributed by atoms with Crippen molar-refractivity contribution >= 4 is 29.2 Å². The van der Waals surface area contributed by atoms with Gasteiger partial charge in [-0.3, -0.25) is 19.7 Å². The highest BCUT2D eigenvalue weighted by Gasteiger charge is 2.22. The van der Waals surface area contributed by atoms with Crippen LogP contribution in [0.3, 0.4) is 0 Å². The molecule has 0 aromatic carbocycles. The van der Waals surface area contributed by atoms with E-state index >= 15 is 0 Å². The zero-order valence-corrected chi connectivity index (χ0v) is 12.0. The van der Waals surface area contributed by atoms with Crippen molar-refractivity contribution < 1.29 is 19.6 Å². The molecule has 0 spiro atoms. The van der Waals surface area contributed by atoms with Crippen LogP contribution in [0, 0.1) is 16.0 Å². The zero-order chi connectivity index (χ0) is 16.0. The minimum atomic E-state index is -0.964. The van der Waals surface area contributed by atoms with Gasteiger partial charge in [-0.25, -0.2) is 4.98 Å². The summed E-state index contributed by atoms with van der Waals surface area (Å²) in [5, 5.41) is 22.0. The molecule has 9 heteroatoms. The molecular weight excluding hydrogens is 302 g/mol. The number of carboxylic acids is 1. The maximum absolute atomic E-state index is 12.0. The summed E-state index contributed by atoms with van der Waals surface area (Å²) in [6.07, 6.45) is 1.38. The van der Waals surface area contributed by atoms with Crippen LogP contribution in [0.15, 0.2) is 12.3 Å². The monoisotopic (exact) mass is 315 g/mol. The summed E-state index contributed by atoms with van der Waals surface area (Å²) < 4.78 is 0. The Balaban J connectivity index is 2.82. The first-order chi connectivity index (χ1) is 9.85. The number of pyridine rings is 1. The molecule has 1 heterocycles. The Morgan fingerprint density at radius 1 is 1.57 bits per heavy atom. The Morgan fingerprint density at radius 2 is 2.24 bits per heavy atom. The molecule has 21 heavy (non-hydrogen) atoms. The minimum absolute atomic E-state index is 0.0386. The van der Waals surface area contributed by atoms with Crippen LogP contribution < -0.4 is 5.32 Å². The van der Waals surface area contributed by atoms with Crippen LogP contribution in [0.5, 0.6) is 0 Å². The average molecular weight is 316 g/mol. The predicted octanol–water partition coefficient (Wildman–Crippen LogP) is 1.87. The summed E-state index contributed by atoms with van der Waals surface area (Å²) in [6.45, 7) is 1.91. The Kier molecular flexibility index (Phi) is 6.04. The molecule has 0 aliphatic heterocycles. The first-order valence-corrected chi connectivity index (χ1v) is 6.52. The van der Waals surface area contributed by atoms with Gasteiger partial charge in [0, 0.05) is 13.0 Å². The summed E-state index contributed by atoms with van der Waals surface area (Å²) in [5.74, 6) is -1.90. The van der Waals surface area contributed by atoms with E-state index < -0.39 is 22.5 Å². The molecule has 1 aromatic heterocycles. The van der Waals surface area contributed by atoms with Crippen molar-refractivity contribution in [3.8, 4) is 0 Å². The summed E-state index contributed by atoms with van der Waals surface area (Å²) in [7, 11) is 0. The van der Waals surface area contributed by atoms with Crippen molar-refractivity contribution in [1.29, 1.82) is 0 Å². The van der Waals surface area contributed by atoms with Crippen LogP contribution >= 0.6 is 11.6 Å². The topological polar surface area (TPSA) is 122 Å². The molecule has 0 aliphatic carbocycles. The molecule has 0 saturated heterocycles. The van der Waals surface area contributed by atoms with Gasteiger partial charge in [0.15, 0.2) is 0 Å². The summed E-state index contributed by atoms with van der Waals surface area (Å²) >= 11 is 5.63. The quantitative estimate of drug-likeness (QED) is 0.450. The maximum atomic E-state index is 12.0. The Labute approximate surface area is 125 Å². The molecule has 1 aromatic rings. The molecule has 2 N–H and O–H groups in total. The standard InChI is InChI=1S/C12H14ClN3O5/c1-2-7(3-11(17)18)5-15-12(19)8-4-10(13)14-6-9(8)16(20)21/h4,6-7H,2-3,5H2,1H3,(H,15,19)(H,17,18). The highest BCUT2D eigenvalue weighted by molar-refractivity contribution is 6.29. The Bertz CT molecular complexity index is 564. The molecule has 1 amide bonds. The lowest BCUT2D eigenvalue weighted by molar-refractivity contribution is -0.385. The maximum Gasteiger partial charge on any atom is 0.303 e. The fraction of sp³-hybridized carbons (Fsp3) is 0.417. The number of amides is 1. The van der Waals surface area contributed by atoms with Gasteiger partial charge < -0.3 is 10.4 Å². The van der Waals surface area contributed by atoms with E-state index in [1.54, 1.807) is 6.92 Å². The van der Waals surface area contributed by atoms with Crippen LogP contribution in [-0.4, -0.2) is 33.4 Å². The first kappa shape index (κ1) is 16.8. The highest BCUT2D eigenvalue weighted by Crippen LogP contribution is 2.20. The second-order valence-corrected chi connectivity index (χ2v) is 4.75. The van der Waals surface area contributed by atoms with Gasteiger partial charge in [0.05, 0.1) is 4.92 Å². The largest absolute Gasteiger partial charge is 0.481 e. The Hall–Kier alpha value is -2.22. The van der Waals surface area contributed by atoms with Crippen molar-refractivity contribution in [2.24, 2.45) is 5.92 Å². The summed E-state index contributed by atoms with van der Waals surface area (Å²) in [6, 6.07) is 1.10. The number of nitro groups is 1. The number of aromatic nitrogens is 1. The minimum Gasteiger partial charge on any atom is -0.481 e. The SMILES string of the molecule is CCC(CNC(=O)c1cc(Cl)ncc1[N+](=O)[O-])CC(=O)O. The second-order valence-electron chi connectivity index (χ2n) is 4.36. The molecule has 8 nitrogen and oxygen atoms in total. The third kappa shape index (κ3) is 4.99. The highest BCUT2D eigenvalue weighted by atomic mass is 35.5. The first-order valence-electron chi connectivity index (χ1n) is 6.15. The van der Waals surface area contributed by atoms with E-state index in [2.05, 4.69) is 10.3 Å². The van der Waals surface area contributed by atoms with Crippen LogP contribution in [0.2, 0.25) is 5.15 Å². The Morgan fingerprint density at radius 3 is 2.76 bits per heavy atom. The molecule has 1 unspecified atom stereocenters. The number of halogens is 1. The molecule has 0 fully saturated rings. The van der Waals surface area contributed by atoms with E-state index in [1.807, 2.05) is 0 Å². The fourth-order valence-corrected chi connectivity index (χ4v) is 1.85. The number of nitrogens with zero attached hydrogens (tertiary/aromatic N) is 2. The number of hydrogen-bond donors (Lipinski definition) is 2. The van der Waals surface area contributed by atoms with Crippen molar-refractivity contribution in [3.05, 3.63) is 33.1 Å². The molecule has 0 saturated carbocycles. The lowest BCUT2D eigenvalue weighted by atomic mass is 10.0. The summed E-state index contributed by atoms with van der Waals surface area (Å²) in [4.78, 5) is 36.3. The van der Waals surface area contributed by atoms with Gasteiger partial charge in [0.1, 0.15) is 16.9 Å². The fourth-order valence-electron chi connectivity index (χ4n) is 1.69. The number of hydrogen-bond acceptors (Lipinski definition) is 5. The van der Waals surface area contributed by atoms with Gasteiger partial charge in [0.2, 0.25) is 0 Å². The molecular formula is C12H14ClN3O5. The number of rotatable bonds is 7. The van der Waals surface area contributed by atoms with Crippen LogP contribution in [0.1, 0.15) is 30.1 Å². The van der Waals surface area contributed by atoms with E-state index in [0.29, 0.717) is 6.42 Å². The lowest BCUT2D eigenvalue weighted by Crippen LogP contribution is -2.30. The van der Waals surface area contributed by atoms with Gasteiger partial charge in [0.25, 0.3) is 11.6 Å². The van der Waals surface area contributed by atoms with E-state index in [0.717, 1.165) is 12.3 Å². The van der Waals surface area contributed by atoms with Crippen LogP contribution in [0.4, 0.5) is 5.69 Å². The van der Waals surface area contributed by atoms with Crippen molar-refractivity contribution in [2.45, 2.75) is 19.8 Å². The smallest absolute Gasteiger partial charge is 0.303 e. The molecule has 114 valence electrons. The number of aliphatic carboxylic acids is 1. The van der Waals surface area contributed by atoms with Crippen molar-refractivity contribution in [2.75, 3.05) is 6.54 Å². The lowest BCUT2D eigenvalue weighted by Gasteiger charge is -2.13. The van der Waals surface area contributed by atoms with Gasteiger partial charge in [-0.1, -0.05) is 24.9 Å². The molecule has 0 radical (unpaired) electrons. The average Bonchev–Trinajstić information content (AvgIpc) is 2.42. The molecule has 0 bridgehead atoms. The van der Waals surface area contributed by atoms with Gasteiger partial charge >= 0.3 is 5.97 Å². The normalized spacial score (nSPS) is 11.7. The molecule has 1 atom stereocenters. The number of carbonyl (C=O) groups is 2. The number of nitrogens with one attached hydrogen (secondary N) is 1. The van der Waals surface area contributed by atoms with Crippen molar-refractivity contribution in [3.63, 3.8) is 0 Å². The van der Waals surface area contributed by atoms with Gasteiger partial charge in [-0.05, 0) is 12.0 Å². The third-order valence-electron chi connectivity index (χ3n) is 2.88.